The van der Waals surface area contributed by atoms with Crippen molar-refractivity contribution in [2.45, 2.75) is 13.3 Å². The molecule has 1 heterocycles. The number of anilines is 2. The van der Waals surface area contributed by atoms with Gasteiger partial charge >= 0.3 is 6.09 Å². The monoisotopic (exact) mass is 339 g/mol. The average molecular weight is 339 g/mol. The number of benzene rings is 2. The van der Waals surface area contributed by atoms with Crippen molar-refractivity contribution in [2.75, 3.05) is 24.8 Å². The van der Waals surface area contributed by atoms with Crippen molar-refractivity contribution in [2.24, 2.45) is 0 Å². The normalized spacial score (nSPS) is 10.6. The van der Waals surface area contributed by atoms with E-state index < -0.39 is 6.09 Å². The molecule has 0 aliphatic carbocycles. The van der Waals surface area contributed by atoms with Gasteiger partial charge < -0.3 is 19.8 Å². The first-order chi connectivity index (χ1) is 12.1. The molecular weight excluding hydrogens is 318 g/mol. The number of hydrogen-bond acceptors (Lipinski definition) is 4. The van der Waals surface area contributed by atoms with Crippen LogP contribution in [-0.2, 0) is 4.74 Å². The van der Waals surface area contributed by atoms with Gasteiger partial charge in [-0.2, -0.15) is 0 Å². The molecule has 6 nitrogen and oxygen atoms in total. The number of rotatable bonds is 5. The lowest BCUT2D eigenvalue weighted by Crippen LogP contribution is -2.14. The van der Waals surface area contributed by atoms with Gasteiger partial charge in [0.2, 0.25) is 0 Å². The molecule has 0 aliphatic rings. The lowest BCUT2D eigenvalue weighted by atomic mass is 10.2. The van der Waals surface area contributed by atoms with Crippen LogP contribution in [0.2, 0.25) is 0 Å². The predicted octanol–water partition coefficient (Wildman–Crippen LogP) is 4.18. The van der Waals surface area contributed by atoms with E-state index in [1.165, 1.54) is 0 Å². The SMILES string of the molecule is CCCOC(=O)Nc1ccc2c(N)cn(-c3ccc(OC)cc3)c2c1. The molecule has 1 aromatic heterocycles. The summed E-state index contributed by atoms with van der Waals surface area (Å²) in [5.74, 6) is 0.786. The van der Waals surface area contributed by atoms with Gasteiger partial charge in [-0.15, -0.1) is 0 Å². The van der Waals surface area contributed by atoms with Gasteiger partial charge in [0, 0.05) is 23.0 Å². The summed E-state index contributed by atoms with van der Waals surface area (Å²) in [6.45, 7) is 2.34. The first-order valence-electron chi connectivity index (χ1n) is 8.11. The number of ether oxygens (including phenoxy) is 2. The van der Waals surface area contributed by atoms with Crippen molar-refractivity contribution in [1.82, 2.24) is 4.57 Å². The Labute approximate surface area is 146 Å². The van der Waals surface area contributed by atoms with Crippen LogP contribution in [0.5, 0.6) is 5.75 Å². The highest BCUT2D eigenvalue weighted by atomic mass is 16.5. The van der Waals surface area contributed by atoms with Crippen molar-refractivity contribution < 1.29 is 14.3 Å². The Morgan fingerprint density at radius 2 is 1.96 bits per heavy atom. The maximum atomic E-state index is 11.8. The molecule has 0 saturated heterocycles. The number of carbonyl (C=O) groups excluding carboxylic acids is 1. The summed E-state index contributed by atoms with van der Waals surface area (Å²) in [6.07, 6.45) is 2.19. The third kappa shape index (κ3) is 3.52. The molecular formula is C19H21N3O3. The minimum Gasteiger partial charge on any atom is -0.497 e. The van der Waals surface area contributed by atoms with Crippen molar-refractivity contribution in [1.29, 1.82) is 0 Å². The first-order valence-corrected chi connectivity index (χ1v) is 8.11. The number of methoxy groups -OCH3 is 1. The van der Waals surface area contributed by atoms with Crippen LogP contribution in [0.4, 0.5) is 16.2 Å². The van der Waals surface area contributed by atoms with Crippen LogP contribution in [0.15, 0.2) is 48.7 Å². The van der Waals surface area contributed by atoms with E-state index in [1.54, 1.807) is 7.11 Å². The van der Waals surface area contributed by atoms with Crippen molar-refractivity contribution >= 4 is 28.4 Å². The Balaban J connectivity index is 1.95. The second-order valence-electron chi connectivity index (χ2n) is 5.65. The summed E-state index contributed by atoms with van der Waals surface area (Å²) in [7, 11) is 1.63. The second-order valence-corrected chi connectivity index (χ2v) is 5.65. The molecule has 3 N–H and O–H groups in total. The van der Waals surface area contributed by atoms with Crippen molar-refractivity contribution in [3.8, 4) is 11.4 Å². The van der Waals surface area contributed by atoms with Gasteiger partial charge in [0.1, 0.15) is 5.75 Å². The number of aromatic nitrogens is 1. The fourth-order valence-corrected chi connectivity index (χ4v) is 2.64. The third-order valence-corrected chi connectivity index (χ3v) is 3.87. The number of fused-ring (bicyclic) bond motifs is 1. The fourth-order valence-electron chi connectivity index (χ4n) is 2.64. The Morgan fingerprint density at radius 1 is 1.20 bits per heavy atom. The number of nitrogens with two attached hydrogens (primary N) is 1. The van der Waals surface area contributed by atoms with Crippen LogP contribution in [-0.4, -0.2) is 24.4 Å². The number of nitrogens with one attached hydrogen (secondary N) is 1. The van der Waals surface area contributed by atoms with Gasteiger partial charge in [-0.25, -0.2) is 4.79 Å². The molecule has 130 valence electrons. The zero-order valence-corrected chi connectivity index (χ0v) is 14.3. The molecule has 0 saturated carbocycles. The van der Waals surface area contributed by atoms with E-state index in [-0.39, 0.29) is 0 Å². The molecule has 0 fully saturated rings. The number of nitrogens with zero attached hydrogens (tertiary/aromatic N) is 1. The topological polar surface area (TPSA) is 78.5 Å². The largest absolute Gasteiger partial charge is 0.497 e. The molecule has 25 heavy (non-hydrogen) atoms. The van der Waals surface area contributed by atoms with Gasteiger partial charge in [-0.1, -0.05) is 6.92 Å². The Hall–Kier alpha value is -3.15. The van der Waals surface area contributed by atoms with Crippen LogP contribution in [0, 0.1) is 0 Å². The van der Waals surface area contributed by atoms with E-state index in [4.69, 9.17) is 15.2 Å². The van der Waals surface area contributed by atoms with E-state index in [0.29, 0.717) is 18.0 Å². The second kappa shape index (κ2) is 7.17. The van der Waals surface area contributed by atoms with Crippen LogP contribution in [0.1, 0.15) is 13.3 Å². The Morgan fingerprint density at radius 3 is 2.64 bits per heavy atom. The van der Waals surface area contributed by atoms with Gasteiger partial charge in [-0.05, 0) is 48.9 Å². The molecule has 2 aromatic carbocycles. The van der Waals surface area contributed by atoms with E-state index in [9.17, 15) is 4.79 Å². The minimum absolute atomic E-state index is 0.392. The summed E-state index contributed by atoms with van der Waals surface area (Å²) >= 11 is 0. The van der Waals surface area contributed by atoms with Crippen LogP contribution in [0.3, 0.4) is 0 Å². The molecule has 0 unspecified atom stereocenters. The molecule has 1 amide bonds. The molecule has 0 atom stereocenters. The van der Waals surface area contributed by atoms with Crippen molar-refractivity contribution in [3.05, 3.63) is 48.7 Å². The first kappa shape index (κ1) is 16.7. The highest BCUT2D eigenvalue weighted by molar-refractivity contribution is 5.97. The summed E-state index contributed by atoms with van der Waals surface area (Å²) in [6, 6.07) is 13.3. The molecule has 0 aliphatic heterocycles. The van der Waals surface area contributed by atoms with E-state index >= 15 is 0 Å². The summed E-state index contributed by atoms with van der Waals surface area (Å²) in [5.41, 5.74) is 9.31. The summed E-state index contributed by atoms with van der Waals surface area (Å²) < 4.78 is 12.2. The molecule has 0 spiro atoms. The average Bonchev–Trinajstić information content (AvgIpc) is 2.96. The predicted molar refractivity (Wildman–Crippen MR) is 99.5 cm³/mol. The van der Waals surface area contributed by atoms with Crippen LogP contribution < -0.4 is 15.8 Å². The highest BCUT2D eigenvalue weighted by Gasteiger charge is 2.10. The molecule has 0 bridgehead atoms. The number of carbonyl (C=O) groups is 1. The van der Waals surface area contributed by atoms with Gasteiger partial charge in [0.15, 0.2) is 0 Å². The van der Waals surface area contributed by atoms with Gasteiger partial charge in [0.05, 0.1) is 24.9 Å². The Bertz CT molecular complexity index is 885. The highest BCUT2D eigenvalue weighted by Crippen LogP contribution is 2.29. The molecule has 0 radical (unpaired) electrons. The lowest BCUT2D eigenvalue weighted by Gasteiger charge is -2.09. The maximum absolute atomic E-state index is 11.8. The summed E-state index contributed by atoms with van der Waals surface area (Å²) in [4.78, 5) is 11.8. The maximum Gasteiger partial charge on any atom is 0.411 e. The van der Waals surface area contributed by atoms with Gasteiger partial charge in [0.25, 0.3) is 0 Å². The minimum atomic E-state index is -0.461. The van der Waals surface area contributed by atoms with Crippen molar-refractivity contribution in [3.63, 3.8) is 0 Å². The summed E-state index contributed by atoms with van der Waals surface area (Å²) in [5, 5.41) is 3.66. The number of nitrogen functional groups attached to an aromatic ring is 1. The number of amides is 1. The number of hydrogen-bond donors (Lipinski definition) is 2. The van der Waals surface area contributed by atoms with E-state index in [2.05, 4.69) is 5.32 Å². The standard InChI is InChI=1S/C19H21N3O3/c1-3-10-25-19(23)21-13-4-9-16-17(20)12-22(18(16)11-13)14-5-7-15(24-2)8-6-14/h4-9,11-12H,3,10,20H2,1-2H3,(H,21,23). The zero-order chi connectivity index (χ0) is 17.8. The Kier molecular flexibility index (Phi) is 4.79. The van der Waals surface area contributed by atoms with Crippen LogP contribution in [0.25, 0.3) is 16.6 Å². The van der Waals surface area contributed by atoms with E-state index in [0.717, 1.165) is 28.8 Å². The molecule has 3 aromatic rings. The smallest absolute Gasteiger partial charge is 0.411 e. The molecule has 3 rings (SSSR count). The lowest BCUT2D eigenvalue weighted by molar-refractivity contribution is 0.161. The zero-order valence-electron chi connectivity index (χ0n) is 14.3. The van der Waals surface area contributed by atoms with Crippen LogP contribution >= 0.6 is 0 Å². The third-order valence-electron chi connectivity index (χ3n) is 3.87. The fraction of sp³-hybridized carbons (Fsp3) is 0.211. The van der Waals surface area contributed by atoms with E-state index in [1.807, 2.05) is 60.2 Å². The van der Waals surface area contributed by atoms with Gasteiger partial charge in [-0.3, -0.25) is 5.32 Å². The molecule has 6 heteroatoms. The quantitative estimate of drug-likeness (QED) is 0.731.